The molecule has 2 nitrogen and oxygen atoms in total. The van der Waals surface area contributed by atoms with Crippen LogP contribution in [0, 0.1) is 5.82 Å². The van der Waals surface area contributed by atoms with Crippen molar-refractivity contribution in [1.29, 1.82) is 0 Å². The Morgan fingerprint density at radius 1 is 1.20 bits per heavy atom. The molecule has 1 aromatic carbocycles. The van der Waals surface area contributed by atoms with Crippen molar-refractivity contribution in [3.05, 3.63) is 35.6 Å². The van der Waals surface area contributed by atoms with Crippen LogP contribution in [0.5, 0.6) is 0 Å². The molecule has 0 radical (unpaired) electrons. The lowest BCUT2D eigenvalue weighted by atomic mass is 9.95. The lowest BCUT2D eigenvalue weighted by Crippen LogP contribution is -2.29. The zero-order valence-corrected chi connectivity index (χ0v) is 13.0. The van der Waals surface area contributed by atoms with Gasteiger partial charge in [-0.3, -0.25) is 0 Å². The van der Waals surface area contributed by atoms with Gasteiger partial charge >= 0.3 is 0 Å². The SMILES string of the molecule is CCCCOCCC(CNC(C)C)c1ccccc1F. The maximum Gasteiger partial charge on any atom is 0.126 e. The average molecular weight is 281 g/mol. The molecule has 0 saturated heterocycles. The highest BCUT2D eigenvalue weighted by molar-refractivity contribution is 5.22. The molecule has 0 fully saturated rings. The monoisotopic (exact) mass is 281 g/mol. The highest BCUT2D eigenvalue weighted by Crippen LogP contribution is 2.22. The third kappa shape index (κ3) is 6.49. The van der Waals surface area contributed by atoms with Gasteiger partial charge in [0.2, 0.25) is 0 Å². The Morgan fingerprint density at radius 3 is 2.60 bits per heavy atom. The number of ether oxygens (including phenoxy) is 1. The first kappa shape index (κ1) is 17.1. The predicted octanol–water partition coefficient (Wildman–Crippen LogP) is 4.11. The molecule has 20 heavy (non-hydrogen) atoms. The summed E-state index contributed by atoms with van der Waals surface area (Å²) in [5.74, 6) is 0.0526. The van der Waals surface area contributed by atoms with Crippen LogP contribution < -0.4 is 5.32 Å². The second-order valence-electron chi connectivity index (χ2n) is 5.54. The molecule has 0 saturated carbocycles. The molecular formula is C17H28FNO. The maximum absolute atomic E-state index is 13.9. The Kier molecular flexibility index (Phi) is 8.47. The summed E-state index contributed by atoms with van der Waals surface area (Å²) in [4.78, 5) is 0. The van der Waals surface area contributed by atoms with Crippen LogP contribution in [0.15, 0.2) is 24.3 Å². The molecule has 1 unspecified atom stereocenters. The number of nitrogens with one attached hydrogen (secondary N) is 1. The maximum atomic E-state index is 13.9. The highest BCUT2D eigenvalue weighted by Gasteiger charge is 2.15. The van der Waals surface area contributed by atoms with Gasteiger partial charge in [0.05, 0.1) is 0 Å². The Balaban J connectivity index is 2.54. The van der Waals surface area contributed by atoms with Gasteiger partial charge in [-0.15, -0.1) is 0 Å². The van der Waals surface area contributed by atoms with Crippen molar-refractivity contribution in [2.24, 2.45) is 0 Å². The first-order chi connectivity index (χ1) is 9.65. The van der Waals surface area contributed by atoms with E-state index in [9.17, 15) is 4.39 Å². The molecule has 0 aromatic heterocycles. The summed E-state index contributed by atoms with van der Waals surface area (Å²) in [5, 5.41) is 3.40. The average Bonchev–Trinajstić information content (AvgIpc) is 2.43. The van der Waals surface area contributed by atoms with Crippen LogP contribution >= 0.6 is 0 Å². The summed E-state index contributed by atoms with van der Waals surface area (Å²) in [7, 11) is 0. The van der Waals surface area contributed by atoms with Crippen LogP contribution in [-0.4, -0.2) is 25.8 Å². The smallest absolute Gasteiger partial charge is 0.126 e. The van der Waals surface area contributed by atoms with Crippen molar-refractivity contribution in [1.82, 2.24) is 5.32 Å². The topological polar surface area (TPSA) is 21.3 Å². The second-order valence-corrected chi connectivity index (χ2v) is 5.54. The van der Waals surface area contributed by atoms with Gasteiger partial charge in [-0.25, -0.2) is 4.39 Å². The fourth-order valence-corrected chi connectivity index (χ4v) is 2.13. The van der Waals surface area contributed by atoms with Crippen LogP contribution in [-0.2, 0) is 4.74 Å². The van der Waals surface area contributed by atoms with Gasteiger partial charge in [-0.2, -0.15) is 0 Å². The minimum atomic E-state index is -0.114. The molecule has 0 spiro atoms. The van der Waals surface area contributed by atoms with E-state index in [0.29, 0.717) is 12.6 Å². The van der Waals surface area contributed by atoms with E-state index in [1.54, 1.807) is 6.07 Å². The van der Waals surface area contributed by atoms with E-state index >= 15 is 0 Å². The summed E-state index contributed by atoms with van der Waals surface area (Å²) in [5.41, 5.74) is 0.791. The van der Waals surface area contributed by atoms with Crippen molar-refractivity contribution in [2.45, 2.75) is 52.0 Å². The summed E-state index contributed by atoms with van der Waals surface area (Å²) >= 11 is 0. The van der Waals surface area contributed by atoms with Crippen LogP contribution in [0.4, 0.5) is 4.39 Å². The minimum absolute atomic E-state index is 0.114. The third-order valence-corrected chi connectivity index (χ3v) is 3.37. The van der Waals surface area contributed by atoms with E-state index in [-0.39, 0.29) is 11.7 Å². The zero-order chi connectivity index (χ0) is 14.8. The molecule has 0 aliphatic carbocycles. The summed E-state index contributed by atoms with van der Waals surface area (Å²) < 4.78 is 19.5. The van der Waals surface area contributed by atoms with Crippen molar-refractivity contribution in [3.8, 4) is 0 Å². The van der Waals surface area contributed by atoms with Gasteiger partial charge < -0.3 is 10.1 Å². The molecule has 0 aliphatic rings. The van der Waals surface area contributed by atoms with Crippen molar-refractivity contribution in [2.75, 3.05) is 19.8 Å². The number of unbranched alkanes of at least 4 members (excludes halogenated alkanes) is 1. The number of hydrogen-bond donors (Lipinski definition) is 1. The lowest BCUT2D eigenvalue weighted by molar-refractivity contribution is 0.123. The summed E-state index contributed by atoms with van der Waals surface area (Å²) in [6.07, 6.45) is 3.09. The van der Waals surface area contributed by atoms with Crippen molar-refractivity contribution < 1.29 is 9.13 Å². The van der Waals surface area contributed by atoms with Gasteiger partial charge in [-0.05, 0) is 24.5 Å². The van der Waals surface area contributed by atoms with Crippen LogP contribution in [0.1, 0.15) is 51.5 Å². The number of rotatable bonds is 10. The quantitative estimate of drug-likeness (QED) is 0.652. The number of hydrogen-bond acceptors (Lipinski definition) is 2. The van der Waals surface area contributed by atoms with E-state index in [1.807, 2.05) is 12.1 Å². The van der Waals surface area contributed by atoms with Crippen LogP contribution in [0.3, 0.4) is 0 Å². The van der Waals surface area contributed by atoms with E-state index in [2.05, 4.69) is 26.1 Å². The first-order valence-corrected chi connectivity index (χ1v) is 7.70. The van der Waals surface area contributed by atoms with E-state index < -0.39 is 0 Å². The molecule has 1 aromatic rings. The van der Waals surface area contributed by atoms with Gasteiger partial charge in [0, 0.05) is 31.7 Å². The summed E-state index contributed by atoms with van der Waals surface area (Å²) in [6.45, 7) is 8.65. The van der Waals surface area contributed by atoms with Gasteiger partial charge in [0.15, 0.2) is 0 Å². The molecule has 1 rings (SSSR count). The molecule has 0 amide bonds. The molecule has 0 bridgehead atoms. The first-order valence-electron chi connectivity index (χ1n) is 7.70. The Hall–Kier alpha value is -0.930. The van der Waals surface area contributed by atoms with E-state index in [0.717, 1.165) is 38.0 Å². The van der Waals surface area contributed by atoms with Gasteiger partial charge in [-0.1, -0.05) is 45.4 Å². The largest absolute Gasteiger partial charge is 0.381 e. The molecule has 114 valence electrons. The standard InChI is InChI=1S/C17H28FNO/c1-4-5-11-20-12-10-15(13-19-14(2)3)16-8-6-7-9-17(16)18/h6-9,14-15,19H,4-5,10-13H2,1-3H3. The molecular weight excluding hydrogens is 253 g/mol. The normalized spacial score (nSPS) is 12.8. The highest BCUT2D eigenvalue weighted by atomic mass is 19.1. The second kappa shape index (κ2) is 9.89. The van der Waals surface area contributed by atoms with Crippen molar-refractivity contribution in [3.63, 3.8) is 0 Å². The molecule has 1 atom stereocenters. The fourth-order valence-electron chi connectivity index (χ4n) is 2.13. The molecule has 3 heteroatoms. The van der Waals surface area contributed by atoms with Gasteiger partial charge in [0.25, 0.3) is 0 Å². The number of benzene rings is 1. The third-order valence-electron chi connectivity index (χ3n) is 3.37. The Morgan fingerprint density at radius 2 is 1.95 bits per heavy atom. The minimum Gasteiger partial charge on any atom is -0.381 e. The fraction of sp³-hybridized carbons (Fsp3) is 0.647. The molecule has 0 heterocycles. The molecule has 0 aliphatic heterocycles. The van der Waals surface area contributed by atoms with E-state index in [4.69, 9.17) is 4.74 Å². The lowest BCUT2D eigenvalue weighted by Gasteiger charge is -2.20. The zero-order valence-electron chi connectivity index (χ0n) is 13.0. The van der Waals surface area contributed by atoms with Crippen LogP contribution in [0.25, 0.3) is 0 Å². The number of halogens is 1. The van der Waals surface area contributed by atoms with Crippen LogP contribution in [0.2, 0.25) is 0 Å². The van der Waals surface area contributed by atoms with E-state index in [1.165, 1.54) is 6.07 Å². The Labute approximate surface area is 122 Å². The Bertz CT molecular complexity index is 368. The van der Waals surface area contributed by atoms with Crippen molar-refractivity contribution >= 4 is 0 Å². The summed E-state index contributed by atoms with van der Waals surface area (Å²) in [6, 6.07) is 7.47. The van der Waals surface area contributed by atoms with Gasteiger partial charge in [0.1, 0.15) is 5.82 Å². The molecule has 1 N–H and O–H groups in total. The predicted molar refractivity (Wildman–Crippen MR) is 82.6 cm³/mol.